The summed E-state index contributed by atoms with van der Waals surface area (Å²) in [5, 5.41) is 66.4. The number of imidazole rings is 1. The molecule has 110 heavy (non-hydrogen) atoms. The number of H-pyrrole nitrogens is 1. The third-order valence-corrected chi connectivity index (χ3v) is 16.3. The van der Waals surface area contributed by atoms with Crippen molar-refractivity contribution in [2.45, 2.75) is 226 Å². The maximum Gasteiger partial charge on any atom is 0.245 e. The van der Waals surface area contributed by atoms with E-state index in [0.29, 0.717) is 5.56 Å². The molecule has 0 aliphatic heterocycles. The van der Waals surface area contributed by atoms with Gasteiger partial charge in [-0.05, 0) is 76.2 Å². The molecule has 0 saturated carbocycles. The summed E-state index contributed by atoms with van der Waals surface area (Å²) in [7, 11) is 0. The molecule has 2 rings (SSSR count). The monoisotopic (exact) mass is 1550 g/mol. The van der Waals surface area contributed by atoms with Crippen LogP contribution in [0, 0.1) is 23.7 Å². The van der Waals surface area contributed by atoms with Crippen LogP contribution in [-0.2, 0) is 99.1 Å². The average Bonchev–Trinajstić information content (AvgIpc) is 1.03. The first-order chi connectivity index (χ1) is 51.4. The largest absolute Gasteiger partial charge is 0.394 e. The highest BCUT2D eigenvalue weighted by Gasteiger charge is 2.39. The fourth-order valence-electron chi connectivity index (χ4n) is 10.6. The van der Waals surface area contributed by atoms with Crippen LogP contribution in [0.15, 0.2) is 42.9 Å². The highest BCUT2D eigenvalue weighted by molar-refractivity contribution is 6.01. The first-order valence-electron chi connectivity index (χ1n) is 35.6. The van der Waals surface area contributed by atoms with E-state index < -0.39 is 236 Å². The Morgan fingerprint density at radius 1 is 0.400 bits per heavy atom. The van der Waals surface area contributed by atoms with E-state index in [1.165, 1.54) is 47.1 Å². The first-order valence-corrected chi connectivity index (χ1v) is 35.6. The Balaban J connectivity index is 2.22. The van der Waals surface area contributed by atoms with Crippen LogP contribution in [-0.4, -0.2) is 242 Å². The lowest BCUT2D eigenvalue weighted by Crippen LogP contribution is -2.62. The van der Waals surface area contributed by atoms with Gasteiger partial charge >= 0.3 is 0 Å². The molecule has 0 aliphatic carbocycles. The molecule has 2 aromatic rings. The van der Waals surface area contributed by atoms with Gasteiger partial charge in [0.15, 0.2) is 0 Å². The summed E-state index contributed by atoms with van der Waals surface area (Å²) < 4.78 is 0. The van der Waals surface area contributed by atoms with Gasteiger partial charge in [-0.2, -0.15) is 0 Å². The van der Waals surface area contributed by atoms with Crippen molar-refractivity contribution < 1.29 is 102 Å². The fourth-order valence-corrected chi connectivity index (χ4v) is 10.6. The molecule has 1 aromatic carbocycles. The van der Waals surface area contributed by atoms with Crippen molar-refractivity contribution in [3.05, 3.63) is 54.1 Å². The van der Waals surface area contributed by atoms with Gasteiger partial charge in [-0.15, -0.1) is 0 Å². The summed E-state index contributed by atoms with van der Waals surface area (Å²) in [6, 6.07) is -13.0. The number of rotatable bonds is 48. The van der Waals surface area contributed by atoms with Crippen LogP contribution in [0.1, 0.15) is 133 Å². The number of nitrogens with two attached hydrogens (primary N) is 3. The van der Waals surface area contributed by atoms with E-state index in [1.807, 2.05) is 0 Å². The standard InChI is InChI=1S/C69H110N20O21/c1-31(2)19-42(82-67(108)50(29-91)87-59(100)37(11)78-62(103)48(25-52(71)95)84-65(106)45(22-40-17-15-14-16-18-40)80-57(98)35(9)76-39(13)93)61(102)77-36(10)58(99)79-43(20-32(3)4)63(104)83-47(24-51(70)94)60(101)74-27-53(96)88-55(38(12)92)69(110)89-54(34(7)8)68(109)85-46(23-41-26-73-30-75-41)66(107)81-44(21-33(5)6)64(105)86-49(28-90)56(72)97/h14-18,26,30-38,42-50,54-55,90-92H,19-25,27-29H2,1-13H3,(H2,70,94)(H2,71,95)(H2,72,97)(H,73,75)(H,74,101)(H,76,93)(H,77,102)(H,78,103)(H,79,99)(H,80,98)(H,81,107)(H,82,108)(H,83,104)(H,84,106)(H,85,109)(H,86,105)(H,87,100)(H,88,96)(H,89,110)/t35-,36-,37-,38+,42-,43-,44-,45-,46-,47-,48-,49-,50-,54-,55-/m0/s1. The molecule has 18 amide bonds. The van der Waals surface area contributed by atoms with Crippen molar-refractivity contribution in [3.8, 4) is 0 Å². The summed E-state index contributed by atoms with van der Waals surface area (Å²) in [4.78, 5) is 247. The molecular weight excluding hydrogens is 1440 g/mol. The van der Waals surface area contributed by atoms with E-state index in [1.54, 1.807) is 71.9 Å². The van der Waals surface area contributed by atoms with E-state index in [2.05, 4.69) is 89.7 Å². The van der Waals surface area contributed by atoms with E-state index in [0.717, 1.165) is 13.8 Å². The second kappa shape index (κ2) is 46.9. The minimum Gasteiger partial charge on any atom is -0.394 e. The number of nitrogens with zero attached hydrogens (tertiary/aromatic N) is 1. The van der Waals surface area contributed by atoms with E-state index >= 15 is 0 Å². The van der Waals surface area contributed by atoms with E-state index in [-0.39, 0.29) is 55.6 Å². The molecule has 0 saturated heterocycles. The van der Waals surface area contributed by atoms with Crippen LogP contribution < -0.4 is 97.0 Å². The summed E-state index contributed by atoms with van der Waals surface area (Å²) in [5.41, 5.74) is 17.0. The number of aromatic amines is 1. The van der Waals surface area contributed by atoms with E-state index in [4.69, 9.17) is 17.2 Å². The molecule has 41 nitrogen and oxygen atoms in total. The molecule has 0 radical (unpaired) electrons. The summed E-state index contributed by atoms with van der Waals surface area (Å²) >= 11 is 0. The zero-order valence-electron chi connectivity index (χ0n) is 64.0. The Morgan fingerprint density at radius 3 is 1.17 bits per heavy atom. The van der Waals surface area contributed by atoms with Gasteiger partial charge in [-0.3, -0.25) is 86.3 Å². The Bertz CT molecular complexity index is 3520. The predicted molar refractivity (Wildman–Crippen MR) is 391 cm³/mol. The van der Waals surface area contributed by atoms with Gasteiger partial charge in [0.05, 0.1) is 50.7 Å². The molecule has 0 fully saturated rings. The number of carbonyl (C=O) groups is 18. The maximum absolute atomic E-state index is 14.1. The smallest absolute Gasteiger partial charge is 0.245 e. The van der Waals surface area contributed by atoms with Crippen molar-refractivity contribution >= 4 is 106 Å². The van der Waals surface area contributed by atoms with Crippen LogP contribution in [0.4, 0.5) is 0 Å². The van der Waals surface area contributed by atoms with Crippen molar-refractivity contribution in [3.63, 3.8) is 0 Å². The van der Waals surface area contributed by atoms with Crippen LogP contribution >= 0.6 is 0 Å². The SMILES string of the molecule is CC(=O)N[C@@H](C)C(=O)N[C@@H](Cc1ccccc1)C(=O)N[C@@H](CC(N)=O)C(=O)N[C@@H](C)C(=O)N[C@@H](CO)C(=O)N[C@@H](CC(C)C)C(=O)N[C@@H](C)C(=O)N[C@@H](CC(C)C)C(=O)N[C@@H](CC(N)=O)C(=O)NCC(=O)N[C@H](C(=O)N[C@H](C(=O)N[C@@H](Cc1c[nH]cn1)C(=O)N[C@@H](CC(C)C)C(=O)N[C@@H](CO)C(N)=O)C(C)C)[C@@H](C)O. The topological polar surface area (TPSA) is 655 Å². The number of hydrogen-bond donors (Lipinski definition) is 22. The number of nitrogens with one attached hydrogen (secondary N) is 16. The third-order valence-electron chi connectivity index (χ3n) is 16.3. The van der Waals surface area contributed by atoms with Gasteiger partial charge in [-0.25, -0.2) is 4.98 Å². The van der Waals surface area contributed by atoms with Crippen LogP contribution in [0.3, 0.4) is 0 Å². The zero-order chi connectivity index (χ0) is 83.6. The summed E-state index contributed by atoms with van der Waals surface area (Å²) in [6.07, 6.45) is -1.16. The molecule has 41 heteroatoms. The first kappa shape index (κ1) is 94.8. The van der Waals surface area contributed by atoms with Crippen LogP contribution in [0.2, 0.25) is 0 Å². The Morgan fingerprint density at radius 2 is 0.764 bits per heavy atom. The molecule has 0 unspecified atom stereocenters. The van der Waals surface area contributed by atoms with E-state index in [9.17, 15) is 102 Å². The van der Waals surface area contributed by atoms with Crippen LogP contribution in [0.5, 0.6) is 0 Å². The van der Waals surface area contributed by atoms with Crippen molar-refractivity contribution in [1.29, 1.82) is 0 Å². The Hall–Kier alpha value is -11.2. The van der Waals surface area contributed by atoms with Gasteiger partial charge < -0.3 is 117 Å². The number of aromatic nitrogens is 2. The predicted octanol–water partition coefficient (Wildman–Crippen LogP) is -8.43. The number of hydrogen-bond acceptors (Lipinski definition) is 22. The maximum atomic E-state index is 14.1. The second-order valence-corrected chi connectivity index (χ2v) is 28.1. The van der Waals surface area contributed by atoms with Gasteiger partial charge in [-0.1, -0.05) is 85.7 Å². The number of carbonyl (C=O) groups excluding carboxylic acids is 18. The number of aliphatic hydroxyl groups excluding tert-OH is 3. The quantitative estimate of drug-likeness (QED) is 0.0293. The zero-order valence-corrected chi connectivity index (χ0v) is 64.0. The number of amides is 18. The lowest BCUT2D eigenvalue weighted by atomic mass is 10.00. The normalized spacial score (nSPS) is 15.3. The number of primary amides is 3. The molecule has 0 aliphatic rings. The van der Waals surface area contributed by atoms with Crippen molar-refractivity contribution in [2.75, 3.05) is 19.8 Å². The molecule has 1 aromatic heterocycles. The summed E-state index contributed by atoms with van der Waals surface area (Å²) in [5.74, 6) is -19.6. The molecular formula is C69H110N20O21. The average molecular weight is 1560 g/mol. The minimum atomic E-state index is -1.82. The highest BCUT2D eigenvalue weighted by Crippen LogP contribution is 2.14. The van der Waals surface area contributed by atoms with Gasteiger partial charge in [0.2, 0.25) is 106 Å². The Kier molecular flexibility index (Phi) is 40.4. The van der Waals surface area contributed by atoms with Gasteiger partial charge in [0, 0.05) is 26.0 Å². The van der Waals surface area contributed by atoms with Gasteiger partial charge in [0.1, 0.15) is 84.6 Å². The minimum absolute atomic E-state index is 0.0298. The molecule has 15 atom stereocenters. The second-order valence-electron chi connectivity index (χ2n) is 28.1. The molecule has 0 spiro atoms. The number of aliphatic hydroxyl groups is 3. The molecule has 1 heterocycles. The molecule has 25 N–H and O–H groups in total. The lowest BCUT2D eigenvalue weighted by Gasteiger charge is -2.29. The lowest BCUT2D eigenvalue weighted by molar-refractivity contribution is -0.137. The molecule has 0 bridgehead atoms. The molecule has 612 valence electrons. The number of benzene rings is 1. The van der Waals surface area contributed by atoms with Crippen molar-refractivity contribution in [2.24, 2.45) is 40.9 Å². The Labute approximate surface area is 635 Å². The highest BCUT2D eigenvalue weighted by atomic mass is 16.3. The van der Waals surface area contributed by atoms with Crippen molar-refractivity contribution in [1.82, 2.24) is 89.7 Å². The third kappa shape index (κ3) is 34.3. The fraction of sp³-hybridized carbons (Fsp3) is 0.609. The van der Waals surface area contributed by atoms with Gasteiger partial charge in [0.25, 0.3) is 0 Å². The summed E-state index contributed by atoms with van der Waals surface area (Å²) in [6.45, 7) is 16.4. The van der Waals surface area contributed by atoms with Crippen LogP contribution in [0.25, 0.3) is 0 Å².